The van der Waals surface area contributed by atoms with Crippen molar-refractivity contribution in [2.45, 2.75) is 19.5 Å². The van der Waals surface area contributed by atoms with Crippen molar-refractivity contribution in [2.75, 3.05) is 32.7 Å². The van der Waals surface area contributed by atoms with Gasteiger partial charge in [-0.25, -0.2) is 4.98 Å². The number of nitrogens with zero attached hydrogens (tertiary/aromatic N) is 5. The summed E-state index contributed by atoms with van der Waals surface area (Å²) in [7, 11) is 5.44. The molecular weight excluding hydrogens is 296 g/mol. The van der Waals surface area contributed by atoms with Crippen LogP contribution < -0.4 is 10.2 Å². The smallest absolute Gasteiger partial charge is 0.253 e. The molecule has 0 spiro atoms. The molecule has 0 unspecified atom stereocenters. The fourth-order valence-electron chi connectivity index (χ4n) is 2.09. The molecule has 2 aromatic heterocycles. The predicted octanol–water partition coefficient (Wildman–Crippen LogP) is 0.876. The van der Waals surface area contributed by atoms with Crippen molar-refractivity contribution in [1.29, 1.82) is 0 Å². The van der Waals surface area contributed by atoms with Gasteiger partial charge >= 0.3 is 0 Å². The molecule has 0 saturated heterocycles. The van der Waals surface area contributed by atoms with Gasteiger partial charge in [-0.05, 0) is 19.1 Å². The molecule has 2 aromatic rings. The normalized spacial score (nSPS) is 12.0. The van der Waals surface area contributed by atoms with Crippen LogP contribution in [-0.4, -0.2) is 53.5 Å². The third kappa shape index (κ3) is 4.26. The maximum atomic E-state index is 12.3. The van der Waals surface area contributed by atoms with Crippen molar-refractivity contribution in [3.05, 3.63) is 36.0 Å². The van der Waals surface area contributed by atoms with E-state index in [1.807, 2.05) is 30.5 Å². The number of carbonyl (C=O) groups is 1. The van der Waals surface area contributed by atoms with Crippen molar-refractivity contribution in [3.8, 4) is 0 Å². The molecule has 1 atom stereocenters. The Balaban J connectivity index is 2.03. The van der Waals surface area contributed by atoms with E-state index in [1.54, 1.807) is 31.8 Å². The van der Waals surface area contributed by atoms with Gasteiger partial charge < -0.3 is 19.5 Å². The van der Waals surface area contributed by atoms with Gasteiger partial charge in [0.05, 0.1) is 18.2 Å². The lowest BCUT2D eigenvalue weighted by molar-refractivity contribution is 0.0937. The molecule has 1 N–H and O–H groups in total. The molecule has 8 nitrogen and oxygen atoms in total. The summed E-state index contributed by atoms with van der Waals surface area (Å²) in [5, 5.41) is 10.9. The first-order valence-electron chi connectivity index (χ1n) is 7.33. The first kappa shape index (κ1) is 16.9. The number of hydrogen-bond acceptors (Lipinski definition) is 6. The van der Waals surface area contributed by atoms with Gasteiger partial charge in [0.2, 0.25) is 0 Å². The molecule has 0 aromatic carbocycles. The molecule has 0 aliphatic carbocycles. The number of aromatic nitrogens is 4. The number of anilines is 1. The van der Waals surface area contributed by atoms with Crippen molar-refractivity contribution < 1.29 is 9.53 Å². The number of carbonyl (C=O) groups excluding carboxylic acids is 1. The van der Waals surface area contributed by atoms with E-state index in [4.69, 9.17) is 4.74 Å². The first-order valence-corrected chi connectivity index (χ1v) is 7.33. The van der Waals surface area contributed by atoms with Crippen LogP contribution in [0.2, 0.25) is 0 Å². The minimum Gasteiger partial charge on any atom is -0.383 e. The molecule has 0 aliphatic heterocycles. The molecule has 124 valence electrons. The van der Waals surface area contributed by atoms with Crippen molar-refractivity contribution in [3.63, 3.8) is 0 Å². The van der Waals surface area contributed by atoms with Crippen LogP contribution in [-0.2, 0) is 11.3 Å². The second kappa shape index (κ2) is 7.68. The Bertz CT molecular complexity index is 638. The summed E-state index contributed by atoms with van der Waals surface area (Å²) in [5.74, 6) is 1.29. The summed E-state index contributed by atoms with van der Waals surface area (Å²) < 4.78 is 6.92. The Morgan fingerprint density at radius 1 is 1.43 bits per heavy atom. The van der Waals surface area contributed by atoms with Gasteiger partial charge in [0, 0.05) is 33.9 Å². The number of nitrogens with one attached hydrogen (secondary N) is 1. The molecule has 0 radical (unpaired) electrons. The molecule has 2 rings (SSSR count). The zero-order valence-electron chi connectivity index (χ0n) is 13.9. The van der Waals surface area contributed by atoms with E-state index >= 15 is 0 Å². The van der Waals surface area contributed by atoms with Crippen LogP contribution in [0.15, 0.2) is 24.7 Å². The van der Waals surface area contributed by atoms with Gasteiger partial charge in [-0.3, -0.25) is 4.79 Å². The standard InChI is InChI=1S/C15H22N6O2/c1-11(14-19-17-10-21(14)7-8-23-4)18-15(22)12-5-6-13(16-9-12)20(2)3/h5-6,9-11H,7-8H2,1-4H3,(H,18,22)/t11-/m0/s1. The number of methoxy groups -OCH3 is 1. The molecular formula is C15H22N6O2. The third-order valence-electron chi connectivity index (χ3n) is 3.38. The number of hydrogen-bond donors (Lipinski definition) is 1. The first-order chi connectivity index (χ1) is 11.0. The SMILES string of the molecule is COCCn1cnnc1[C@H](C)NC(=O)c1ccc(N(C)C)nc1. The summed E-state index contributed by atoms with van der Waals surface area (Å²) >= 11 is 0. The van der Waals surface area contributed by atoms with E-state index in [1.165, 1.54) is 0 Å². The fourth-order valence-corrected chi connectivity index (χ4v) is 2.09. The molecule has 0 saturated carbocycles. The molecule has 2 heterocycles. The van der Waals surface area contributed by atoms with Crippen LogP contribution in [0.4, 0.5) is 5.82 Å². The van der Waals surface area contributed by atoms with Crippen molar-refractivity contribution in [1.82, 2.24) is 25.1 Å². The third-order valence-corrected chi connectivity index (χ3v) is 3.38. The molecule has 0 fully saturated rings. The Morgan fingerprint density at radius 2 is 2.22 bits per heavy atom. The highest BCUT2D eigenvalue weighted by Gasteiger charge is 2.17. The lowest BCUT2D eigenvalue weighted by atomic mass is 10.2. The summed E-state index contributed by atoms with van der Waals surface area (Å²) in [6.07, 6.45) is 3.19. The maximum absolute atomic E-state index is 12.3. The highest BCUT2D eigenvalue weighted by atomic mass is 16.5. The number of pyridine rings is 1. The van der Waals surface area contributed by atoms with E-state index in [0.717, 1.165) is 5.82 Å². The monoisotopic (exact) mass is 318 g/mol. The largest absolute Gasteiger partial charge is 0.383 e. The van der Waals surface area contributed by atoms with Crippen LogP contribution in [0.25, 0.3) is 0 Å². The number of ether oxygens (including phenoxy) is 1. The highest BCUT2D eigenvalue weighted by Crippen LogP contribution is 2.12. The highest BCUT2D eigenvalue weighted by molar-refractivity contribution is 5.94. The Kier molecular flexibility index (Phi) is 5.64. The van der Waals surface area contributed by atoms with Crippen LogP contribution in [0.1, 0.15) is 29.1 Å². The lowest BCUT2D eigenvalue weighted by Gasteiger charge is -2.15. The van der Waals surface area contributed by atoms with Gasteiger partial charge in [-0.1, -0.05) is 0 Å². The average molecular weight is 318 g/mol. The van der Waals surface area contributed by atoms with Gasteiger partial charge in [0.25, 0.3) is 5.91 Å². The second-order valence-electron chi connectivity index (χ2n) is 5.37. The topological polar surface area (TPSA) is 85.2 Å². The quantitative estimate of drug-likeness (QED) is 0.815. The minimum atomic E-state index is -0.268. The zero-order valence-corrected chi connectivity index (χ0v) is 13.9. The molecule has 8 heteroatoms. The Labute approximate surface area is 135 Å². The lowest BCUT2D eigenvalue weighted by Crippen LogP contribution is -2.29. The molecule has 0 aliphatic rings. The molecule has 0 bridgehead atoms. The molecule has 1 amide bonds. The van der Waals surface area contributed by atoms with Crippen LogP contribution >= 0.6 is 0 Å². The van der Waals surface area contributed by atoms with E-state index in [0.29, 0.717) is 24.5 Å². The summed E-state index contributed by atoms with van der Waals surface area (Å²) in [6, 6.07) is 3.29. The van der Waals surface area contributed by atoms with Crippen LogP contribution in [0.3, 0.4) is 0 Å². The van der Waals surface area contributed by atoms with Crippen LogP contribution in [0.5, 0.6) is 0 Å². The van der Waals surface area contributed by atoms with Crippen molar-refractivity contribution >= 4 is 11.7 Å². The average Bonchev–Trinajstić information content (AvgIpc) is 3.01. The Morgan fingerprint density at radius 3 is 2.83 bits per heavy atom. The van der Waals surface area contributed by atoms with Crippen molar-refractivity contribution in [2.24, 2.45) is 0 Å². The van der Waals surface area contributed by atoms with Gasteiger partial charge in [0.15, 0.2) is 5.82 Å². The number of amides is 1. The van der Waals surface area contributed by atoms with E-state index in [2.05, 4.69) is 20.5 Å². The van der Waals surface area contributed by atoms with E-state index < -0.39 is 0 Å². The molecule has 23 heavy (non-hydrogen) atoms. The second-order valence-corrected chi connectivity index (χ2v) is 5.37. The van der Waals surface area contributed by atoms with Crippen LogP contribution in [0, 0.1) is 0 Å². The van der Waals surface area contributed by atoms with E-state index in [-0.39, 0.29) is 11.9 Å². The van der Waals surface area contributed by atoms with Gasteiger partial charge in [-0.2, -0.15) is 0 Å². The van der Waals surface area contributed by atoms with E-state index in [9.17, 15) is 4.79 Å². The predicted molar refractivity (Wildman–Crippen MR) is 86.3 cm³/mol. The van der Waals surface area contributed by atoms with Gasteiger partial charge in [0.1, 0.15) is 12.1 Å². The number of rotatable bonds is 7. The maximum Gasteiger partial charge on any atom is 0.253 e. The summed E-state index contributed by atoms with van der Waals surface area (Å²) in [6.45, 7) is 3.06. The summed E-state index contributed by atoms with van der Waals surface area (Å²) in [4.78, 5) is 18.4. The Hall–Kier alpha value is -2.48. The fraction of sp³-hybridized carbons (Fsp3) is 0.467. The zero-order chi connectivity index (χ0) is 16.8. The van der Waals surface area contributed by atoms with Gasteiger partial charge in [-0.15, -0.1) is 10.2 Å². The summed E-state index contributed by atoms with van der Waals surface area (Å²) in [5.41, 5.74) is 0.505. The minimum absolute atomic E-state index is 0.198.